The molecule has 1 aromatic carbocycles. The number of pyridine rings is 1. The molecule has 8 nitrogen and oxygen atoms in total. The molecule has 27 heavy (non-hydrogen) atoms. The fraction of sp³-hybridized carbons (Fsp3) is 0.105. The summed E-state index contributed by atoms with van der Waals surface area (Å²) in [5.41, 5.74) is 0.887. The first-order chi connectivity index (χ1) is 13.0. The standard InChI is InChI=1S/C19H17N5O3/c1-24(12-13-5-3-2-4-6-13)19(27)16-9-14(10-20-18(16)26)17(25)23-15-7-8-21-22-11-15/h2-11H,12H2,1H3,(H,20,26)(H,21,23,25). The van der Waals surface area contributed by atoms with Crippen LogP contribution in [0.25, 0.3) is 0 Å². The molecule has 0 spiro atoms. The molecule has 0 bridgehead atoms. The average molecular weight is 363 g/mol. The first-order valence-electron chi connectivity index (χ1n) is 8.15. The van der Waals surface area contributed by atoms with E-state index in [0.29, 0.717) is 12.2 Å². The number of hydrogen-bond donors (Lipinski definition) is 2. The van der Waals surface area contributed by atoms with Gasteiger partial charge in [-0.1, -0.05) is 30.3 Å². The van der Waals surface area contributed by atoms with Gasteiger partial charge in [-0.05, 0) is 17.7 Å². The van der Waals surface area contributed by atoms with Gasteiger partial charge in [-0.2, -0.15) is 10.2 Å². The predicted octanol–water partition coefficient (Wildman–Crippen LogP) is 1.69. The molecule has 0 fully saturated rings. The number of aromatic amines is 1. The number of carbonyl (C=O) groups is 2. The van der Waals surface area contributed by atoms with E-state index in [1.165, 1.54) is 29.6 Å². The number of anilines is 1. The van der Waals surface area contributed by atoms with Gasteiger partial charge in [-0.15, -0.1) is 0 Å². The van der Waals surface area contributed by atoms with Crippen molar-refractivity contribution in [3.05, 3.63) is 88.1 Å². The Hall–Kier alpha value is -3.81. The third kappa shape index (κ3) is 4.43. The molecule has 2 heterocycles. The summed E-state index contributed by atoms with van der Waals surface area (Å²) in [5.74, 6) is -0.945. The lowest BCUT2D eigenvalue weighted by Crippen LogP contribution is -2.32. The van der Waals surface area contributed by atoms with Gasteiger partial charge in [0.05, 0.1) is 23.6 Å². The van der Waals surface area contributed by atoms with Gasteiger partial charge in [-0.3, -0.25) is 14.4 Å². The predicted molar refractivity (Wildman–Crippen MR) is 99.3 cm³/mol. The van der Waals surface area contributed by atoms with Crippen molar-refractivity contribution in [3.8, 4) is 0 Å². The van der Waals surface area contributed by atoms with Crippen LogP contribution in [0.1, 0.15) is 26.3 Å². The number of nitrogens with zero attached hydrogens (tertiary/aromatic N) is 3. The molecular formula is C19H17N5O3. The van der Waals surface area contributed by atoms with Crippen LogP contribution in [0.2, 0.25) is 0 Å². The summed E-state index contributed by atoms with van der Waals surface area (Å²) in [4.78, 5) is 41.0. The normalized spacial score (nSPS) is 10.3. The van der Waals surface area contributed by atoms with Crippen LogP contribution in [0.3, 0.4) is 0 Å². The van der Waals surface area contributed by atoms with E-state index in [0.717, 1.165) is 5.56 Å². The minimum absolute atomic E-state index is 0.103. The Morgan fingerprint density at radius 3 is 2.63 bits per heavy atom. The highest BCUT2D eigenvalue weighted by molar-refractivity contribution is 6.05. The molecule has 0 radical (unpaired) electrons. The van der Waals surface area contributed by atoms with Crippen molar-refractivity contribution in [1.82, 2.24) is 20.1 Å². The van der Waals surface area contributed by atoms with E-state index >= 15 is 0 Å². The van der Waals surface area contributed by atoms with Gasteiger partial charge in [0, 0.05) is 19.8 Å². The summed E-state index contributed by atoms with van der Waals surface area (Å²) in [7, 11) is 1.60. The van der Waals surface area contributed by atoms with Crippen LogP contribution < -0.4 is 10.9 Å². The van der Waals surface area contributed by atoms with Crippen molar-refractivity contribution in [2.24, 2.45) is 0 Å². The maximum absolute atomic E-state index is 12.7. The molecule has 2 aromatic heterocycles. The first-order valence-corrected chi connectivity index (χ1v) is 8.15. The summed E-state index contributed by atoms with van der Waals surface area (Å²) in [6.07, 6.45) is 4.10. The van der Waals surface area contributed by atoms with Crippen LogP contribution in [0.4, 0.5) is 5.69 Å². The second-order valence-corrected chi connectivity index (χ2v) is 5.86. The van der Waals surface area contributed by atoms with E-state index in [2.05, 4.69) is 20.5 Å². The Labute approximate surface area is 154 Å². The third-order valence-electron chi connectivity index (χ3n) is 3.85. The van der Waals surface area contributed by atoms with E-state index < -0.39 is 17.4 Å². The van der Waals surface area contributed by atoms with E-state index in [9.17, 15) is 14.4 Å². The quantitative estimate of drug-likeness (QED) is 0.717. The van der Waals surface area contributed by atoms with E-state index in [-0.39, 0.29) is 11.1 Å². The number of H-pyrrole nitrogens is 1. The topological polar surface area (TPSA) is 108 Å². The van der Waals surface area contributed by atoms with Crippen LogP contribution >= 0.6 is 0 Å². The molecule has 0 saturated heterocycles. The van der Waals surface area contributed by atoms with Crippen molar-refractivity contribution in [3.63, 3.8) is 0 Å². The van der Waals surface area contributed by atoms with Crippen molar-refractivity contribution in [2.45, 2.75) is 6.54 Å². The second-order valence-electron chi connectivity index (χ2n) is 5.86. The van der Waals surface area contributed by atoms with Crippen molar-refractivity contribution in [1.29, 1.82) is 0 Å². The molecule has 3 rings (SSSR count). The number of hydrogen-bond acceptors (Lipinski definition) is 5. The summed E-state index contributed by atoms with van der Waals surface area (Å²) in [5, 5.41) is 9.92. The molecule has 0 saturated carbocycles. The summed E-state index contributed by atoms with van der Waals surface area (Å²) >= 11 is 0. The highest BCUT2D eigenvalue weighted by Crippen LogP contribution is 2.09. The Bertz CT molecular complexity index is 1000. The number of carbonyl (C=O) groups excluding carboxylic acids is 2. The smallest absolute Gasteiger partial charge is 0.260 e. The highest BCUT2D eigenvalue weighted by atomic mass is 16.2. The molecule has 2 amide bonds. The van der Waals surface area contributed by atoms with Gasteiger partial charge >= 0.3 is 0 Å². The molecule has 0 aliphatic heterocycles. The lowest BCUT2D eigenvalue weighted by Gasteiger charge is -2.17. The van der Waals surface area contributed by atoms with Crippen LogP contribution in [-0.2, 0) is 6.54 Å². The lowest BCUT2D eigenvalue weighted by molar-refractivity contribution is 0.0783. The van der Waals surface area contributed by atoms with Crippen molar-refractivity contribution in [2.75, 3.05) is 12.4 Å². The molecule has 0 unspecified atom stereocenters. The first kappa shape index (κ1) is 18.0. The van der Waals surface area contributed by atoms with Crippen molar-refractivity contribution >= 4 is 17.5 Å². The SMILES string of the molecule is CN(Cc1ccccc1)C(=O)c1cc(C(=O)Nc2ccnnc2)c[nH]c1=O. The molecule has 2 N–H and O–H groups in total. The molecule has 136 valence electrons. The number of benzene rings is 1. The molecular weight excluding hydrogens is 346 g/mol. The number of rotatable bonds is 5. The van der Waals surface area contributed by atoms with Gasteiger partial charge in [0.1, 0.15) is 5.56 Å². The Balaban J connectivity index is 1.79. The van der Waals surface area contributed by atoms with Gasteiger partial charge in [0.25, 0.3) is 17.4 Å². The van der Waals surface area contributed by atoms with E-state index in [1.54, 1.807) is 13.1 Å². The molecule has 0 aliphatic rings. The van der Waals surface area contributed by atoms with E-state index in [4.69, 9.17) is 0 Å². The minimum atomic E-state index is -0.554. The Morgan fingerprint density at radius 2 is 1.93 bits per heavy atom. The number of amides is 2. The Kier molecular flexibility index (Phi) is 5.36. The molecule has 0 aliphatic carbocycles. The van der Waals surface area contributed by atoms with E-state index in [1.807, 2.05) is 30.3 Å². The van der Waals surface area contributed by atoms with Gasteiger partial charge in [-0.25, -0.2) is 0 Å². The minimum Gasteiger partial charge on any atom is -0.337 e. The maximum Gasteiger partial charge on any atom is 0.260 e. The third-order valence-corrected chi connectivity index (χ3v) is 3.85. The highest BCUT2D eigenvalue weighted by Gasteiger charge is 2.18. The van der Waals surface area contributed by atoms with Crippen LogP contribution in [0.5, 0.6) is 0 Å². The largest absolute Gasteiger partial charge is 0.337 e. The molecule has 8 heteroatoms. The van der Waals surface area contributed by atoms with Crippen LogP contribution in [0, 0.1) is 0 Å². The van der Waals surface area contributed by atoms with Crippen LogP contribution in [-0.4, -0.2) is 38.9 Å². The zero-order valence-electron chi connectivity index (χ0n) is 14.5. The number of aromatic nitrogens is 3. The monoisotopic (exact) mass is 363 g/mol. The molecule has 3 aromatic rings. The second kappa shape index (κ2) is 8.05. The Morgan fingerprint density at radius 1 is 1.15 bits per heavy atom. The molecule has 0 atom stereocenters. The zero-order chi connectivity index (χ0) is 19.2. The summed E-state index contributed by atoms with van der Waals surface area (Å²) in [6.45, 7) is 0.345. The number of nitrogens with one attached hydrogen (secondary N) is 2. The van der Waals surface area contributed by atoms with Gasteiger partial charge in [0.15, 0.2) is 0 Å². The zero-order valence-corrected chi connectivity index (χ0v) is 14.5. The lowest BCUT2D eigenvalue weighted by atomic mass is 10.1. The van der Waals surface area contributed by atoms with Crippen molar-refractivity contribution < 1.29 is 9.59 Å². The average Bonchev–Trinajstić information content (AvgIpc) is 2.69. The summed E-state index contributed by atoms with van der Waals surface area (Å²) in [6, 6.07) is 12.3. The fourth-order valence-corrected chi connectivity index (χ4v) is 2.48. The van der Waals surface area contributed by atoms with Gasteiger partial charge in [0.2, 0.25) is 0 Å². The van der Waals surface area contributed by atoms with Crippen LogP contribution in [0.15, 0.2) is 65.8 Å². The van der Waals surface area contributed by atoms with Gasteiger partial charge < -0.3 is 15.2 Å². The summed E-state index contributed by atoms with van der Waals surface area (Å²) < 4.78 is 0. The maximum atomic E-state index is 12.7. The fourth-order valence-electron chi connectivity index (χ4n) is 2.48.